The molecule has 0 amide bonds. The molecule has 2 nitrogen and oxygen atoms in total. The van der Waals surface area contributed by atoms with Gasteiger partial charge < -0.3 is 9.47 Å². The van der Waals surface area contributed by atoms with Gasteiger partial charge in [0.1, 0.15) is 22.4 Å². The topological polar surface area (TPSA) is 25.1 Å². The molecule has 0 saturated carbocycles. The van der Waals surface area contributed by atoms with Crippen LogP contribution in [-0.4, -0.2) is 22.4 Å². The summed E-state index contributed by atoms with van der Waals surface area (Å²) in [6.07, 6.45) is 7.78. The lowest BCUT2D eigenvalue weighted by Crippen LogP contribution is -2.42. The lowest BCUT2D eigenvalue weighted by Gasteiger charge is -2.21. The zero-order valence-electron chi connectivity index (χ0n) is 8.54. The fourth-order valence-electron chi connectivity index (χ4n) is 2.81. The third kappa shape index (κ3) is 0.515. The lowest BCUT2D eigenvalue weighted by atomic mass is 9.72. The Morgan fingerprint density at radius 2 is 1.29 bits per heavy atom. The van der Waals surface area contributed by atoms with Gasteiger partial charge in [-0.3, -0.25) is 0 Å². The predicted molar refractivity (Wildman–Crippen MR) is 54.0 cm³/mol. The van der Waals surface area contributed by atoms with Crippen LogP contribution in [0.5, 0.6) is 0 Å². The van der Waals surface area contributed by atoms with Crippen molar-refractivity contribution in [3.63, 3.8) is 0 Å². The Labute approximate surface area is 83.9 Å². The fraction of sp³-hybridized carbons (Fsp3) is 0.500. The molecule has 14 heavy (non-hydrogen) atoms. The fourth-order valence-corrected chi connectivity index (χ4v) is 2.81. The van der Waals surface area contributed by atoms with Crippen molar-refractivity contribution in [1.82, 2.24) is 0 Å². The van der Waals surface area contributed by atoms with Crippen LogP contribution in [0.4, 0.5) is 0 Å². The van der Waals surface area contributed by atoms with Crippen molar-refractivity contribution in [2.45, 2.75) is 36.3 Å². The standard InChI is InChI=1S/C12H14O2/c1-5-11-7-8-12(6-2)10(4,14-12)9(11,3)13-11/h5-8H,1-2H2,3-4H3. The lowest BCUT2D eigenvalue weighted by molar-refractivity contribution is 0.181. The Balaban J connectivity index is 2.15. The van der Waals surface area contributed by atoms with E-state index in [2.05, 4.69) is 27.0 Å². The summed E-state index contributed by atoms with van der Waals surface area (Å²) >= 11 is 0. The Hall–Kier alpha value is -0.860. The number of epoxide rings is 2. The van der Waals surface area contributed by atoms with Gasteiger partial charge in [0.25, 0.3) is 0 Å². The molecule has 2 heterocycles. The molecule has 3 rings (SSSR count). The number of rotatable bonds is 2. The molecule has 0 aromatic heterocycles. The van der Waals surface area contributed by atoms with E-state index < -0.39 is 0 Å². The van der Waals surface area contributed by atoms with Crippen molar-refractivity contribution in [2.75, 3.05) is 0 Å². The molecule has 4 atom stereocenters. The Bertz CT molecular complexity index is 350. The largest absolute Gasteiger partial charge is 0.351 e. The van der Waals surface area contributed by atoms with E-state index in [4.69, 9.17) is 9.47 Å². The highest BCUT2D eigenvalue weighted by atomic mass is 16.7. The third-order valence-electron chi connectivity index (χ3n) is 4.25. The smallest absolute Gasteiger partial charge is 0.137 e. The Kier molecular flexibility index (Phi) is 1.07. The molecule has 2 heteroatoms. The van der Waals surface area contributed by atoms with Crippen LogP contribution in [0.25, 0.3) is 0 Å². The first kappa shape index (κ1) is 8.45. The summed E-state index contributed by atoms with van der Waals surface area (Å²) in [6, 6.07) is 0. The molecular weight excluding hydrogens is 176 g/mol. The average Bonchev–Trinajstić information content (AvgIpc) is 2.99. The van der Waals surface area contributed by atoms with Gasteiger partial charge in [0, 0.05) is 0 Å². The molecule has 2 aliphatic heterocycles. The van der Waals surface area contributed by atoms with Crippen molar-refractivity contribution in [3.8, 4) is 0 Å². The first-order valence-corrected chi connectivity index (χ1v) is 4.87. The monoisotopic (exact) mass is 190 g/mol. The minimum Gasteiger partial charge on any atom is -0.351 e. The molecule has 2 saturated heterocycles. The molecule has 0 radical (unpaired) electrons. The first-order valence-electron chi connectivity index (χ1n) is 4.87. The molecule has 4 unspecified atom stereocenters. The van der Waals surface area contributed by atoms with E-state index in [1.807, 2.05) is 24.3 Å². The molecule has 1 aliphatic carbocycles. The molecule has 0 aromatic rings. The van der Waals surface area contributed by atoms with Crippen molar-refractivity contribution < 1.29 is 9.47 Å². The van der Waals surface area contributed by atoms with Crippen molar-refractivity contribution in [2.24, 2.45) is 0 Å². The minimum atomic E-state index is -0.315. The second-order valence-corrected chi connectivity index (χ2v) is 4.60. The van der Waals surface area contributed by atoms with Gasteiger partial charge in [0.15, 0.2) is 0 Å². The highest BCUT2D eigenvalue weighted by molar-refractivity contribution is 5.53. The first-order chi connectivity index (χ1) is 6.49. The summed E-state index contributed by atoms with van der Waals surface area (Å²) in [6.45, 7) is 11.8. The van der Waals surface area contributed by atoms with E-state index in [1.165, 1.54) is 0 Å². The van der Waals surface area contributed by atoms with Gasteiger partial charge in [-0.2, -0.15) is 0 Å². The van der Waals surface area contributed by atoms with Crippen molar-refractivity contribution >= 4 is 0 Å². The van der Waals surface area contributed by atoms with E-state index in [0.29, 0.717) is 0 Å². The highest BCUT2D eigenvalue weighted by Gasteiger charge is 2.87. The second-order valence-electron chi connectivity index (χ2n) is 4.60. The maximum Gasteiger partial charge on any atom is 0.137 e. The van der Waals surface area contributed by atoms with Gasteiger partial charge >= 0.3 is 0 Å². The maximum atomic E-state index is 5.81. The third-order valence-corrected chi connectivity index (χ3v) is 4.25. The van der Waals surface area contributed by atoms with Crippen LogP contribution in [0.3, 0.4) is 0 Å². The molecule has 0 N–H and O–H groups in total. The van der Waals surface area contributed by atoms with E-state index in [-0.39, 0.29) is 22.4 Å². The average molecular weight is 190 g/mol. The van der Waals surface area contributed by atoms with Crippen LogP contribution in [0, 0.1) is 0 Å². The number of hydrogen-bond acceptors (Lipinski definition) is 2. The zero-order chi connectivity index (χ0) is 10.2. The van der Waals surface area contributed by atoms with Crippen molar-refractivity contribution in [1.29, 1.82) is 0 Å². The van der Waals surface area contributed by atoms with Gasteiger partial charge in [-0.05, 0) is 26.0 Å². The second kappa shape index (κ2) is 1.77. The predicted octanol–water partition coefficient (Wildman–Crippen LogP) is 1.98. The van der Waals surface area contributed by atoms with E-state index >= 15 is 0 Å². The summed E-state index contributed by atoms with van der Waals surface area (Å²) in [5.74, 6) is 0. The molecule has 2 fully saturated rings. The maximum absolute atomic E-state index is 5.81. The van der Waals surface area contributed by atoms with Crippen LogP contribution < -0.4 is 0 Å². The van der Waals surface area contributed by atoms with Crippen LogP contribution >= 0.6 is 0 Å². The van der Waals surface area contributed by atoms with Crippen molar-refractivity contribution in [3.05, 3.63) is 37.5 Å². The summed E-state index contributed by atoms with van der Waals surface area (Å²) < 4.78 is 11.6. The Morgan fingerprint density at radius 1 is 0.929 bits per heavy atom. The van der Waals surface area contributed by atoms with Crippen LogP contribution in [0.2, 0.25) is 0 Å². The van der Waals surface area contributed by atoms with Gasteiger partial charge in [0.2, 0.25) is 0 Å². The molecule has 0 bridgehead atoms. The van der Waals surface area contributed by atoms with Crippen LogP contribution in [0.1, 0.15) is 13.8 Å². The molecule has 0 aromatic carbocycles. The Morgan fingerprint density at radius 3 is 1.57 bits per heavy atom. The summed E-state index contributed by atoms with van der Waals surface area (Å²) in [4.78, 5) is 0. The zero-order valence-corrected chi connectivity index (χ0v) is 8.54. The summed E-state index contributed by atoms with van der Waals surface area (Å²) in [5, 5.41) is 0. The molecule has 3 aliphatic rings. The van der Waals surface area contributed by atoms with Gasteiger partial charge in [-0.1, -0.05) is 25.3 Å². The molecular formula is C12H14O2. The number of fused-ring (bicyclic) bond motifs is 3. The summed E-state index contributed by atoms with van der Waals surface area (Å²) in [7, 11) is 0. The number of hydrogen-bond donors (Lipinski definition) is 0. The van der Waals surface area contributed by atoms with E-state index in [9.17, 15) is 0 Å². The van der Waals surface area contributed by atoms with Gasteiger partial charge in [-0.15, -0.1) is 0 Å². The SMILES string of the molecule is C=CC12C=CC3(C=C)OC3(C)C1(C)O2. The highest BCUT2D eigenvalue weighted by Crippen LogP contribution is 2.72. The quantitative estimate of drug-likeness (QED) is 0.491. The molecule has 0 spiro atoms. The van der Waals surface area contributed by atoms with Crippen LogP contribution in [0.15, 0.2) is 37.5 Å². The summed E-state index contributed by atoms with van der Waals surface area (Å²) in [5.41, 5.74) is -1.18. The minimum absolute atomic E-state index is 0.273. The van der Waals surface area contributed by atoms with E-state index in [1.54, 1.807) is 0 Å². The molecule has 74 valence electrons. The number of ether oxygens (including phenoxy) is 2. The van der Waals surface area contributed by atoms with Gasteiger partial charge in [-0.25, -0.2) is 0 Å². The van der Waals surface area contributed by atoms with Crippen LogP contribution in [-0.2, 0) is 9.47 Å². The van der Waals surface area contributed by atoms with Gasteiger partial charge in [0.05, 0.1) is 0 Å². The van der Waals surface area contributed by atoms with E-state index in [0.717, 1.165) is 0 Å². The normalized spacial score (nSPS) is 62.4.